The molecule has 1 aliphatic rings. The third-order valence-electron chi connectivity index (χ3n) is 3.17. The summed E-state index contributed by atoms with van der Waals surface area (Å²) in [5, 5.41) is 3.20. The van der Waals surface area contributed by atoms with Crippen LogP contribution in [-0.4, -0.2) is 18.8 Å². The van der Waals surface area contributed by atoms with E-state index in [-0.39, 0.29) is 12.5 Å². The van der Waals surface area contributed by atoms with Crippen molar-refractivity contribution in [3.05, 3.63) is 0 Å². The maximum Gasteiger partial charge on any atom is 0.389 e. The van der Waals surface area contributed by atoms with Crippen molar-refractivity contribution in [2.24, 2.45) is 5.92 Å². The van der Waals surface area contributed by atoms with E-state index in [1.807, 2.05) is 6.92 Å². The van der Waals surface area contributed by atoms with E-state index in [1.54, 1.807) is 0 Å². The number of alkyl halides is 3. The monoisotopic (exact) mass is 223 g/mol. The maximum absolute atomic E-state index is 12.1. The molecule has 1 N–H and O–H groups in total. The summed E-state index contributed by atoms with van der Waals surface area (Å²) in [7, 11) is 0. The fourth-order valence-corrected chi connectivity index (χ4v) is 2.45. The summed E-state index contributed by atoms with van der Waals surface area (Å²) in [6.07, 6.45) is 0.123. The standard InChI is InChI=1S/C11H20F3N/c1-2-15-10(7-8-11(12,13)14)9-5-3-4-6-9/h9-10,15H,2-8H2,1H3. The minimum atomic E-state index is -4.01. The molecule has 1 atom stereocenters. The van der Waals surface area contributed by atoms with E-state index in [0.717, 1.165) is 19.4 Å². The Morgan fingerprint density at radius 3 is 2.33 bits per heavy atom. The summed E-state index contributed by atoms with van der Waals surface area (Å²) >= 11 is 0. The Balaban J connectivity index is 2.35. The smallest absolute Gasteiger partial charge is 0.314 e. The normalized spacial score (nSPS) is 20.8. The highest BCUT2D eigenvalue weighted by Crippen LogP contribution is 2.31. The van der Waals surface area contributed by atoms with Crippen LogP contribution in [0.5, 0.6) is 0 Å². The van der Waals surface area contributed by atoms with Crippen LogP contribution < -0.4 is 5.32 Å². The van der Waals surface area contributed by atoms with Crippen LogP contribution in [0.2, 0.25) is 0 Å². The van der Waals surface area contributed by atoms with E-state index >= 15 is 0 Å². The Kier molecular flexibility index (Phi) is 4.90. The first-order valence-electron chi connectivity index (χ1n) is 5.83. The zero-order valence-electron chi connectivity index (χ0n) is 9.24. The van der Waals surface area contributed by atoms with Gasteiger partial charge in [-0.15, -0.1) is 0 Å². The summed E-state index contributed by atoms with van der Waals surface area (Å²) in [4.78, 5) is 0. The molecule has 0 aromatic rings. The molecule has 0 spiro atoms. The molecule has 4 heteroatoms. The molecule has 1 nitrogen and oxygen atoms in total. The second kappa shape index (κ2) is 5.73. The van der Waals surface area contributed by atoms with Crippen molar-refractivity contribution >= 4 is 0 Å². The van der Waals surface area contributed by atoms with Gasteiger partial charge in [-0.05, 0) is 31.7 Å². The number of hydrogen-bond donors (Lipinski definition) is 1. The number of halogens is 3. The third kappa shape index (κ3) is 4.87. The predicted octanol–water partition coefficient (Wildman–Crippen LogP) is 3.50. The Bertz CT molecular complexity index is 173. The van der Waals surface area contributed by atoms with Crippen LogP contribution in [-0.2, 0) is 0 Å². The van der Waals surface area contributed by atoms with Crippen LogP contribution in [0.4, 0.5) is 13.2 Å². The number of rotatable bonds is 5. The molecular formula is C11H20F3N. The molecule has 0 saturated heterocycles. The van der Waals surface area contributed by atoms with E-state index in [2.05, 4.69) is 5.32 Å². The zero-order valence-corrected chi connectivity index (χ0v) is 9.24. The van der Waals surface area contributed by atoms with Crippen LogP contribution in [0.3, 0.4) is 0 Å². The molecule has 0 radical (unpaired) electrons. The van der Waals surface area contributed by atoms with Gasteiger partial charge in [0.1, 0.15) is 0 Å². The van der Waals surface area contributed by atoms with Crippen molar-refractivity contribution in [2.45, 2.75) is 57.7 Å². The Morgan fingerprint density at radius 1 is 1.27 bits per heavy atom. The first-order chi connectivity index (χ1) is 7.03. The van der Waals surface area contributed by atoms with E-state index < -0.39 is 12.6 Å². The van der Waals surface area contributed by atoms with Gasteiger partial charge in [-0.1, -0.05) is 19.8 Å². The molecule has 1 unspecified atom stereocenters. The highest BCUT2D eigenvalue weighted by molar-refractivity contribution is 4.80. The SMILES string of the molecule is CCNC(CCC(F)(F)F)C1CCCC1. The van der Waals surface area contributed by atoms with Crippen molar-refractivity contribution in [1.29, 1.82) is 0 Å². The van der Waals surface area contributed by atoms with Gasteiger partial charge in [-0.3, -0.25) is 0 Å². The van der Waals surface area contributed by atoms with Crippen molar-refractivity contribution in [3.63, 3.8) is 0 Å². The van der Waals surface area contributed by atoms with Gasteiger partial charge in [0.2, 0.25) is 0 Å². The van der Waals surface area contributed by atoms with Crippen molar-refractivity contribution < 1.29 is 13.2 Å². The second-order valence-electron chi connectivity index (χ2n) is 4.36. The quantitative estimate of drug-likeness (QED) is 0.752. The fourth-order valence-electron chi connectivity index (χ4n) is 2.45. The lowest BCUT2D eigenvalue weighted by Gasteiger charge is -2.24. The summed E-state index contributed by atoms with van der Waals surface area (Å²) in [5.74, 6) is 0.465. The lowest BCUT2D eigenvalue weighted by Crippen LogP contribution is -2.36. The predicted molar refractivity (Wildman–Crippen MR) is 54.7 cm³/mol. The van der Waals surface area contributed by atoms with Crippen molar-refractivity contribution in [2.75, 3.05) is 6.54 Å². The first kappa shape index (κ1) is 12.8. The van der Waals surface area contributed by atoms with Gasteiger partial charge in [-0.2, -0.15) is 13.2 Å². The highest BCUT2D eigenvalue weighted by atomic mass is 19.4. The van der Waals surface area contributed by atoms with Crippen molar-refractivity contribution in [1.82, 2.24) is 5.32 Å². The summed E-state index contributed by atoms with van der Waals surface area (Å²) < 4.78 is 36.3. The average molecular weight is 223 g/mol. The van der Waals surface area contributed by atoms with Gasteiger partial charge in [0.25, 0.3) is 0 Å². The fraction of sp³-hybridized carbons (Fsp3) is 1.00. The lowest BCUT2D eigenvalue weighted by molar-refractivity contribution is -0.137. The molecular weight excluding hydrogens is 203 g/mol. The number of hydrogen-bond acceptors (Lipinski definition) is 1. The number of nitrogens with one attached hydrogen (secondary N) is 1. The molecule has 90 valence electrons. The third-order valence-corrected chi connectivity index (χ3v) is 3.17. The Labute approximate surface area is 89.4 Å². The molecule has 15 heavy (non-hydrogen) atoms. The summed E-state index contributed by atoms with van der Waals surface area (Å²) in [6, 6.07) is 0.0686. The van der Waals surface area contributed by atoms with Gasteiger partial charge in [0, 0.05) is 12.5 Å². The van der Waals surface area contributed by atoms with Gasteiger partial charge < -0.3 is 5.32 Å². The van der Waals surface area contributed by atoms with Crippen LogP contribution in [0, 0.1) is 5.92 Å². The minimum absolute atomic E-state index is 0.0686. The van der Waals surface area contributed by atoms with Gasteiger partial charge in [0.15, 0.2) is 0 Å². The van der Waals surface area contributed by atoms with Crippen LogP contribution in [0.1, 0.15) is 45.4 Å². The lowest BCUT2D eigenvalue weighted by atomic mass is 9.94. The van der Waals surface area contributed by atoms with Gasteiger partial charge >= 0.3 is 6.18 Å². The molecule has 0 aromatic heterocycles. The molecule has 0 heterocycles. The molecule has 1 rings (SSSR count). The molecule has 1 saturated carbocycles. The molecule has 0 aliphatic heterocycles. The molecule has 1 fully saturated rings. The van der Waals surface area contributed by atoms with Crippen molar-refractivity contribution in [3.8, 4) is 0 Å². The summed E-state index contributed by atoms with van der Waals surface area (Å²) in [5.41, 5.74) is 0. The van der Waals surface area contributed by atoms with E-state index in [0.29, 0.717) is 5.92 Å². The van der Waals surface area contributed by atoms with Gasteiger partial charge in [0.05, 0.1) is 0 Å². The topological polar surface area (TPSA) is 12.0 Å². The average Bonchev–Trinajstić information content (AvgIpc) is 2.63. The van der Waals surface area contributed by atoms with Gasteiger partial charge in [-0.25, -0.2) is 0 Å². The maximum atomic E-state index is 12.1. The van der Waals surface area contributed by atoms with E-state index in [4.69, 9.17) is 0 Å². The zero-order chi connectivity index (χ0) is 11.3. The molecule has 0 amide bonds. The largest absolute Gasteiger partial charge is 0.389 e. The first-order valence-corrected chi connectivity index (χ1v) is 5.83. The Morgan fingerprint density at radius 2 is 1.87 bits per heavy atom. The summed E-state index contributed by atoms with van der Waals surface area (Å²) in [6.45, 7) is 2.72. The molecule has 0 aromatic carbocycles. The van der Waals surface area contributed by atoms with Crippen LogP contribution in [0.25, 0.3) is 0 Å². The van der Waals surface area contributed by atoms with Crippen LogP contribution >= 0.6 is 0 Å². The minimum Gasteiger partial charge on any atom is -0.314 e. The Hall–Kier alpha value is -0.250. The second-order valence-corrected chi connectivity index (χ2v) is 4.36. The molecule has 1 aliphatic carbocycles. The molecule has 0 bridgehead atoms. The highest BCUT2D eigenvalue weighted by Gasteiger charge is 2.31. The van der Waals surface area contributed by atoms with E-state index in [1.165, 1.54) is 12.8 Å². The van der Waals surface area contributed by atoms with Crippen LogP contribution in [0.15, 0.2) is 0 Å². The van der Waals surface area contributed by atoms with E-state index in [9.17, 15) is 13.2 Å².